The molecule has 0 fully saturated rings. The van der Waals surface area contributed by atoms with Crippen molar-refractivity contribution in [1.29, 1.82) is 0 Å². The lowest BCUT2D eigenvalue weighted by Gasteiger charge is -2.18. The number of non-ortho nitro benzene ring substituents is 2. The Morgan fingerprint density at radius 3 is 1.30 bits per heavy atom. The molecule has 0 spiro atoms. The van der Waals surface area contributed by atoms with Crippen molar-refractivity contribution in [2.45, 2.75) is 27.7 Å². The molecule has 14 nitrogen and oxygen atoms in total. The molecule has 4 N–H and O–H groups in total. The number of nitro groups is 2. The number of anilines is 2. The number of imidazole rings is 2. The minimum Gasteiger partial charge on any atom is -0.398 e. The van der Waals surface area contributed by atoms with Crippen LogP contribution < -0.4 is 22.6 Å². The predicted octanol–water partition coefficient (Wildman–Crippen LogP) is 8.24. The van der Waals surface area contributed by atoms with Crippen molar-refractivity contribution in [3.63, 3.8) is 0 Å². The zero-order valence-electron chi connectivity index (χ0n) is 32.2. The Labute approximate surface area is 335 Å². The van der Waals surface area contributed by atoms with Crippen molar-refractivity contribution in [2.24, 2.45) is 11.8 Å². The zero-order chi connectivity index (χ0) is 41.8. The second kappa shape index (κ2) is 11.6. The molecule has 14 heteroatoms. The van der Waals surface area contributed by atoms with Crippen LogP contribution in [0.15, 0.2) is 70.3 Å². The van der Waals surface area contributed by atoms with Crippen LogP contribution in [0.25, 0.3) is 98.0 Å². The Morgan fingerprint density at radius 1 is 0.550 bits per heavy atom. The highest BCUT2D eigenvalue weighted by atomic mass is 16.6. The Morgan fingerprint density at radius 2 is 0.933 bits per heavy atom. The molecule has 0 amide bonds. The lowest BCUT2D eigenvalue weighted by atomic mass is 9.84. The first kappa shape index (κ1) is 34.9. The number of nitrogens with two attached hydrogens (primary N) is 2. The summed E-state index contributed by atoms with van der Waals surface area (Å²) < 4.78 is 2.82. The van der Waals surface area contributed by atoms with Gasteiger partial charge in [0.1, 0.15) is 11.3 Å². The molecule has 4 heterocycles. The molecule has 288 valence electrons. The van der Waals surface area contributed by atoms with Gasteiger partial charge in [0, 0.05) is 89.6 Å². The molecule has 11 rings (SSSR count). The second-order valence-corrected chi connectivity index (χ2v) is 15.8. The Balaban J connectivity index is 1.34. The molecule has 0 saturated heterocycles. The van der Waals surface area contributed by atoms with Crippen molar-refractivity contribution in [3.8, 4) is 23.7 Å². The standard InChI is InChI=1S/C46H28N8O6/c1-19(2)5-7-21-13-33-31(17-29(21)47)49-43-27-15-35(53(57)58)39-24-10-12-26-38-28(44-50-32-18-30(48)22(8-6-20(3)4)14-34(32)52(44)46(26)56)16-36(54(59)60)40(42(24)38)23-9-11-25(37(27)41(23)39)45(55)51(33)43/h9-20H,47-48H2,1-4H3. The second-order valence-electron chi connectivity index (χ2n) is 15.8. The van der Waals surface area contributed by atoms with Crippen LogP contribution in [0.5, 0.6) is 0 Å². The molecule has 11 aromatic rings. The van der Waals surface area contributed by atoms with Crippen molar-refractivity contribution in [1.82, 2.24) is 18.8 Å². The maximum atomic E-state index is 14.6. The normalized spacial score (nSPS) is 12.2. The maximum Gasteiger partial charge on any atom is 0.278 e. The molecule has 4 aromatic heterocycles. The first-order valence-electron chi connectivity index (χ1n) is 19.1. The summed E-state index contributed by atoms with van der Waals surface area (Å²) in [6.07, 6.45) is 0. The summed E-state index contributed by atoms with van der Waals surface area (Å²) in [5.74, 6) is 12.5. The van der Waals surface area contributed by atoms with Crippen LogP contribution in [-0.4, -0.2) is 28.6 Å². The van der Waals surface area contributed by atoms with Gasteiger partial charge in [-0.15, -0.1) is 0 Å². The highest BCUT2D eigenvalue weighted by Crippen LogP contribution is 2.51. The molecule has 0 radical (unpaired) electrons. The van der Waals surface area contributed by atoms with Crippen molar-refractivity contribution in [2.75, 3.05) is 11.5 Å². The molecule has 0 bridgehead atoms. The minimum atomic E-state index is -0.508. The molecule has 0 aliphatic heterocycles. The predicted molar refractivity (Wildman–Crippen MR) is 236 cm³/mol. The van der Waals surface area contributed by atoms with Gasteiger partial charge in [0.15, 0.2) is 0 Å². The third-order valence-corrected chi connectivity index (χ3v) is 11.4. The molecule has 0 saturated carbocycles. The third-order valence-electron chi connectivity index (χ3n) is 11.4. The van der Waals surface area contributed by atoms with Gasteiger partial charge in [-0.2, -0.15) is 0 Å². The first-order valence-corrected chi connectivity index (χ1v) is 19.1. The molecule has 7 aromatic carbocycles. The van der Waals surface area contributed by atoms with E-state index >= 15 is 0 Å². The monoisotopic (exact) mass is 788 g/mol. The fraction of sp³-hybridized carbons (Fsp3) is 0.130. The molecule has 60 heavy (non-hydrogen) atoms. The quantitative estimate of drug-likeness (QED) is 0.0428. The van der Waals surface area contributed by atoms with E-state index in [9.17, 15) is 29.8 Å². The molecule has 0 atom stereocenters. The van der Waals surface area contributed by atoms with Crippen molar-refractivity contribution >= 4 is 121 Å². The number of benzene rings is 7. The summed E-state index contributed by atoms with van der Waals surface area (Å²) in [6.45, 7) is 7.78. The van der Waals surface area contributed by atoms with Crippen molar-refractivity contribution in [3.05, 3.63) is 113 Å². The van der Waals surface area contributed by atoms with Gasteiger partial charge in [-0.3, -0.25) is 38.6 Å². The number of nitrogen functional groups attached to an aromatic ring is 2. The van der Waals surface area contributed by atoms with E-state index in [2.05, 4.69) is 23.7 Å². The molecule has 0 aliphatic carbocycles. The van der Waals surface area contributed by atoms with Gasteiger partial charge in [-0.1, -0.05) is 63.5 Å². The summed E-state index contributed by atoms with van der Waals surface area (Å²) in [4.78, 5) is 64.3. The number of rotatable bonds is 2. The smallest absolute Gasteiger partial charge is 0.278 e. The Hall–Kier alpha value is -8.36. The fourth-order valence-electron chi connectivity index (χ4n) is 9.02. The van der Waals surface area contributed by atoms with Gasteiger partial charge >= 0.3 is 0 Å². The largest absolute Gasteiger partial charge is 0.398 e. The van der Waals surface area contributed by atoms with Crippen LogP contribution in [0.4, 0.5) is 22.7 Å². The van der Waals surface area contributed by atoms with E-state index in [0.717, 1.165) is 0 Å². The fourth-order valence-corrected chi connectivity index (χ4v) is 9.02. The molecular formula is C46H28N8O6. The SMILES string of the molecule is CC(C)C#Cc1cc2c(cc1N)nc1c3cc([N+](=O)[O-])c4c5ccc6c(=O)n7c8cc(C#CC(C)C)c(N)cc8nc7c7cc([N+](=O)[O-])c(c8ccc(c(=O)n21)c3c84)c5c67. The number of hydrogen-bond acceptors (Lipinski definition) is 10. The van der Waals surface area contributed by atoms with E-state index in [-0.39, 0.29) is 56.0 Å². The molecular weight excluding hydrogens is 761 g/mol. The van der Waals surface area contributed by atoms with Gasteiger partial charge < -0.3 is 11.5 Å². The summed E-state index contributed by atoms with van der Waals surface area (Å²) in [6, 6.07) is 15.8. The van der Waals surface area contributed by atoms with Gasteiger partial charge in [-0.25, -0.2) is 9.97 Å². The van der Waals surface area contributed by atoms with Crippen LogP contribution in [0.3, 0.4) is 0 Å². The van der Waals surface area contributed by atoms with Gasteiger partial charge in [0.25, 0.3) is 22.5 Å². The van der Waals surface area contributed by atoms with Crippen LogP contribution in [0, 0.1) is 55.7 Å². The highest BCUT2D eigenvalue weighted by molar-refractivity contribution is 6.43. The summed E-state index contributed by atoms with van der Waals surface area (Å²) >= 11 is 0. The van der Waals surface area contributed by atoms with Crippen molar-refractivity contribution < 1.29 is 9.85 Å². The lowest BCUT2D eigenvalue weighted by molar-refractivity contribution is -0.383. The number of hydrogen-bond donors (Lipinski definition) is 2. The summed E-state index contributed by atoms with van der Waals surface area (Å²) in [5.41, 5.74) is 15.0. The zero-order valence-corrected chi connectivity index (χ0v) is 32.2. The topological polar surface area (TPSA) is 207 Å². The van der Waals surface area contributed by atoms with Crippen LogP contribution in [0.2, 0.25) is 0 Å². The number of pyridine rings is 2. The summed E-state index contributed by atoms with van der Waals surface area (Å²) in [7, 11) is 0. The average molecular weight is 789 g/mol. The average Bonchev–Trinajstić information content (AvgIpc) is 3.77. The van der Waals surface area contributed by atoms with Gasteiger partial charge in [-0.05, 0) is 47.2 Å². The number of nitrogens with zero attached hydrogens (tertiary/aromatic N) is 6. The number of fused-ring (bicyclic) bond motifs is 10. The maximum absolute atomic E-state index is 14.6. The van der Waals surface area contributed by atoms with Crippen LogP contribution in [0.1, 0.15) is 38.8 Å². The van der Waals surface area contributed by atoms with E-state index in [1.807, 2.05) is 27.7 Å². The highest BCUT2D eigenvalue weighted by Gasteiger charge is 2.32. The Kier molecular flexibility index (Phi) is 6.75. The van der Waals surface area contributed by atoms with Gasteiger partial charge in [0.2, 0.25) is 0 Å². The lowest BCUT2D eigenvalue weighted by Crippen LogP contribution is -2.14. The van der Waals surface area contributed by atoms with Gasteiger partial charge in [0.05, 0.1) is 42.7 Å². The minimum absolute atomic E-state index is 0.0630. The van der Waals surface area contributed by atoms with E-state index < -0.39 is 21.0 Å². The molecule has 0 aliphatic rings. The third kappa shape index (κ3) is 4.39. The van der Waals surface area contributed by atoms with E-state index in [1.165, 1.54) is 20.9 Å². The van der Waals surface area contributed by atoms with E-state index in [4.69, 9.17) is 21.4 Å². The number of aromatic nitrogens is 4. The summed E-state index contributed by atoms with van der Waals surface area (Å²) in [5, 5.41) is 29.8. The van der Waals surface area contributed by atoms with E-state index in [0.29, 0.717) is 87.7 Å². The number of nitro benzene ring substituents is 2. The Bertz CT molecular complexity index is 3840. The molecule has 0 unspecified atom stereocenters. The van der Waals surface area contributed by atoms with E-state index in [1.54, 1.807) is 48.5 Å². The first-order chi connectivity index (χ1) is 28.7. The van der Waals surface area contributed by atoms with Crippen LogP contribution >= 0.6 is 0 Å². The van der Waals surface area contributed by atoms with Crippen LogP contribution in [-0.2, 0) is 0 Å².